The molecule has 2 saturated heterocycles. The number of aliphatic hydroxyl groups is 4. The van der Waals surface area contributed by atoms with Gasteiger partial charge < -0.3 is 77.1 Å². The molecule has 2 aliphatic heterocycles. The van der Waals surface area contributed by atoms with Crippen molar-refractivity contribution in [2.75, 3.05) is 20.3 Å². The van der Waals surface area contributed by atoms with E-state index in [0.29, 0.717) is 23.1 Å². The lowest BCUT2D eigenvalue weighted by atomic mass is 9.95. The van der Waals surface area contributed by atoms with Gasteiger partial charge in [-0.1, -0.05) is 88.7 Å². The van der Waals surface area contributed by atoms with Gasteiger partial charge in [0.15, 0.2) is 0 Å². The van der Waals surface area contributed by atoms with Crippen LogP contribution in [0.15, 0.2) is 78.9 Å². The number of fused-ring (bicyclic) bond motifs is 2. The number of carbonyl (C=O) groups excluding carboxylic acids is 9. The van der Waals surface area contributed by atoms with E-state index in [1.165, 1.54) is 62.5 Å². The van der Waals surface area contributed by atoms with E-state index in [2.05, 4.69) is 31.9 Å². The molecule has 24 nitrogen and oxygen atoms in total. The van der Waals surface area contributed by atoms with Crippen LogP contribution in [0.4, 0.5) is 0 Å². The van der Waals surface area contributed by atoms with Crippen LogP contribution in [0, 0.1) is 11.8 Å². The van der Waals surface area contributed by atoms with Gasteiger partial charge in [0, 0.05) is 39.5 Å². The van der Waals surface area contributed by atoms with Gasteiger partial charge in [0.25, 0.3) is 0 Å². The van der Waals surface area contributed by atoms with Gasteiger partial charge in [-0.25, -0.2) is 4.79 Å². The number of phenolic OH excluding ortho intramolecular Hbond substituents is 2. The molecular formula is C56H76N8O16. The van der Waals surface area contributed by atoms with E-state index in [0.717, 1.165) is 9.80 Å². The molecule has 0 aromatic heterocycles. The zero-order valence-electron chi connectivity index (χ0n) is 45.7. The Morgan fingerprint density at radius 1 is 0.713 bits per heavy atom. The molecule has 0 radical (unpaired) electrons. The molecule has 436 valence electrons. The van der Waals surface area contributed by atoms with E-state index >= 15 is 4.79 Å². The molecule has 12 atom stereocenters. The second-order valence-corrected chi connectivity index (χ2v) is 20.7. The molecule has 2 heterocycles. The van der Waals surface area contributed by atoms with Crippen LogP contribution in [0.3, 0.4) is 0 Å². The minimum absolute atomic E-state index is 0.0304. The van der Waals surface area contributed by atoms with Crippen LogP contribution in [-0.2, 0) is 67.2 Å². The summed E-state index contributed by atoms with van der Waals surface area (Å²) in [4.78, 5) is 131. The number of likely N-dealkylation sites (N-methyl/N-ethyl adjacent to an activating group) is 1. The summed E-state index contributed by atoms with van der Waals surface area (Å²) in [5.41, 5.74) is 1.53. The molecule has 2 bridgehead atoms. The number of ether oxygens (including phenoxy) is 1. The van der Waals surface area contributed by atoms with Crippen LogP contribution in [0.1, 0.15) is 83.4 Å². The fourth-order valence-corrected chi connectivity index (χ4v) is 9.40. The van der Waals surface area contributed by atoms with Crippen molar-refractivity contribution in [1.82, 2.24) is 41.7 Å². The smallest absolute Gasteiger partial charge is 0.329 e. The first-order valence-corrected chi connectivity index (χ1v) is 26.8. The SMILES string of the molecule is CC[C@H](C)[C@H](NC(=O)C(O)Cc1ccc(O)cc1)C(=O)NC(CCO)C(=O)N[C@@H]1C(=O)NC(CCO)C(=O)NC2CCC(O)N(C2=O)[C@@H](Cc2ccccc2)C(=O)N(C)C(Cc2ccc(O)cc2)C(=O)N[C@@H](C(C)C)C(=O)O[C@@H]1C. The lowest BCUT2D eigenvalue weighted by Crippen LogP contribution is -2.65. The van der Waals surface area contributed by atoms with E-state index in [-0.39, 0.29) is 43.6 Å². The Morgan fingerprint density at radius 2 is 1.31 bits per heavy atom. The molecule has 3 aromatic carbocycles. The molecular weight excluding hydrogens is 1040 g/mol. The first-order valence-electron chi connectivity index (χ1n) is 26.8. The van der Waals surface area contributed by atoms with Crippen molar-refractivity contribution < 1.29 is 78.5 Å². The molecule has 5 rings (SSSR count). The van der Waals surface area contributed by atoms with Crippen LogP contribution < -0.4 is 31.9 Å². The molecule has 2 fully saturated rings. The van der Waals surface area contributed by atoms with Gasteiger partial charge in [-0.15, -0.1) is 0 Å². The Kier molecular flexibility index (Phi) is 23.3. The number of esters is 1. The van der Waals surface area contributed by atoms with Crippen molar-refractivity contribution in [3.8, 4) is 11.5 Å². The summed E-state index contributed by atoms with van der Waals surface area (Å²) in [5, 5.41) is 77.6. The standard InChI is InChI=1S/C56H76N8O16/c1-7-31(4)46(61-51(74)43(69)29-35-15-19-37(68)20-16-35)52(75)57-39(24-26-66)49(72)62-47-32(5)80-56(79)45(30(2)3)60-50(73)41(27-34-13-17-36(67)18-14-34)63(6)55(78)42(28-33-11-9-8-10-12-33)64-44(70)22-21-40(54(64)77)59-48(71)38(23-25-65)58-53(47)76/h8-20,30-32,38-47,65-70H,7,21-29H2,1-6H3,(H,57,75)(H,58,76)(H,59,71)(H,60,73)(H,61,74)(H,62,72)/t31-,32+,38?,39?,40?,41?,42-,43?,44?,45-,46-,47-/m0/s1. The predicted molar refractivity (Wildman–Crippen MR) is 287 cm³/mol. The maximum Gasteiger partial charge on any atom is 0.329 e. The Labute approximate surface area is 464 Å². The third kappa shape index (κ3) is 16.9. The summed E-state index contributed by atoms with van der Waals surface area (Å²) in [7, 11) is 1.32. The zero-order chi connectivity index (χ0) is 59.0. The number of hydrogen-bond acceptors (Lipinski definition) is 16. The van der Waals surface area contributed by atoms with Crippen molar-refractivity contribution in [2.45, 2.75) is 153 Å². The molecule has 80 heavy (non-hydrogen) atoms. The highest BCUT2D eigenvalue weighted by Gasteiger charge is 2.46. The summed E-state index contributed by atoms with van der Waals surface area (Å²) in [6, 6.07) is 7.70. The summed E-state index contributed by atoms with van der Waals surface area (Å²) in [6.07, 6.45) is -6.28. The van der Waals surface area contributed by atoms with Crippen molar-refractivity contribution in [3.05, 3.63) is 95.6 Å². The first-order chi connectivity index (χ1) is 38.0. The Bertz CT molecular complexity index is 2630. The number of aliphatic hydroxyl groups excluding tert-OH is 4. The number of carbonyl (C=O) groups is 9. The highest BCUT2D eigenvalue weighted by molar-refractivity contribution is 5.99. The minimum Gasteiger partial charge on any atom is -0.508 e. The van der Waals surface area contributed by atoms with Crippen LogP contribution in [0.2, 0.25) is 0 Å². The highest BCUT2D eigenvalue weighted by Crippen LogP contribution is 2.26. The third-order valence-corrected chi connectivity index (χ3v) is 14.4. The number of rotatable bonds is 19. The number of piperidine rings is 1. The van der Waals surface area contributed by atoms with Crippen molar-refractivity contribution in [3.63, 3.8) is 0 Å². The van der Waals surface area contributed by atoms with Gasteiger partial charge in [0.2, 0.25) is 47.3 Å². The molecule has 6 unspecified atom stereocenters. The largest absolute Gasteiger partial charge is 0.508 e. The maximum absolute atomic E-state index is 15.1. The topological polar surface area (TPSA) is 363 Å². The summed E-state index contributed by atoms with van der Waals surface area (Å²) in [5.74, 6) is -10.3. The fraction of sp³-hybridized carbons (Fsp3) is 0.518. The van der Waals surface area contributed by atoms with Crippen LogP contribution in [-0.4, -0.2) is 181 Å². The molecule has 2 aliphatic rings. The number of cyclic esters (lactones) is 1. The lowest BCUT2D eigenvalue weighted by molar-refractivity contribution is -0.165. The Morgan fingerprint density at radius 3 is 1.90 bits per heavy atom. The maximum atomic E-state index is 15.1. The Hall–Kier alpha value is -7.67. The molecule has 0 spiro atoms. The second-order valence-electron chi connectivity index (χ2n) is 20.7. The predicted octanol–water partition coefficient (Wildman–Crippen LogP) is -1.06. The number of nitrogens with zero attached hydrogens (tertiary/aromatic N) is 2. The van der Waals surface area contributed by atoms with E-state index in [1.807, 2.05) is 0 Å². The number of benzene rings is 3. The van der Waals surface area contributed by atoms with Crippen LogP contribution in [0.5, 0.6) is 11.5 Å². The van der Waals surface area contributed by atoms with Crippen LogP contribution in [0.25, 0.3) is 0 Å². The quantitative estimate of drug-likeness (QED) is 0.0637. The van der Waals surface area contributed by atoms with E-state index in [1.54, 1.807) is 58.0 Å². The van der Waals surface area contributed by atoms with Gasteiger partial charge in [-0.2, -0.15) is 0 Å². The van der Waals surface area contributed by atoms with Gasteiger partial charge in [-0.05, 0) is 85.4 Å². The minimum atomic E-state index is -1.93. The summed E-state index contributed by atoms with van der Waals surface area (Å²) < 4.78 is 5.86. The average molecular weight is 1120 g/mol. The van der Waals surface area contributed by atoms with E-state index in [9.17, 15) is 69.0 Å². The zero-order valence-corrected chi connectivity index (χ0v) is 45.7. The van der Waals surface area contributed by atoms with Crippen LogP contribution >= 0.6 is 0 Å². The Balaban J connectivity index is 1.53. The van der Waals surface area contributed by atoms with Crippen molar-refractivity contribution in [1.29, 1.82) is 0 Å². The summed E-state index contributed by atoms with van der Waals surface area (Å²) in [6.45, 7) is 6.33. The normalized spacial score (nSPS) is 24.1. The first kappa shape index (κ1) is 63.2. The molecule has 0 saturated carbocycles. The molecule has 0 aliphatic carbocycles. The molecule has 8 amide bonds. The van der Waals surface area contributed by atoms with E-state index < -0.39 is 158 Å². The molecule has 12 N–H and O–H groups in total. The van der Waals surface area contributed by atoms with Gasteiger partial charge >= 0.3 is 5.97 Å². The number of nitrogens with one attached hydrogen (secondary N) is 6. The third-order valence-electron chi connectivity index (χ3n) is 14.4. The lowest BCUT2D eigenvalue weighted by Gasteiger charge is -2.43. The van der Waals surface area contributed by atoms with Crippen molar-refractivity contribution in [2.24, 2.45) is 11.8 Å². The number of amides is 8. The fourth-order valence-electron chi connectivity index (χ4n) is 9.40. The monoisotopic (exact) mass is 1120 g/mol. The van der Waals surface area contributed by atoms with Crippen molar-refractivity contribution >= 4 is 53.2 Å². The van der Waals surface area contributed by atoms with Gasteiger partial charge in [0.05, 0.1) is 0 Å². The number of aromatic hydroxyl groups is 2. The number of phenols is 2. The van der Waals surface area contributed by atoms with Gasteiger partial charge in [0.1, 0.15) is 78.3 Å². The average Bonchev–Trinajstić information content (AvgIpc) is 3.42. The van der Waals surface area contributed by atoms with Gasteiger partial charge in [-0.3, -0.25) is 38.4 Å². The number of hydrogen-bond donors (Lipinski definition) is 12. The summed E-state index contributed by atoms with van der Waals surface area (Å²) >= 11 is 0. The molecule has 24 heteroatoms. The molecule has 3 aromatic rings. The highest BCUT2D eigenvalue weighted by atomic mass is 16.5. The van der Waals surface area contributed by atoms with E-state index in [4.69, 9.17) is 4.74 Å². The second kappa shape index (κ2) is 29.5.